The monoisotopic (exact) mass is 106 g/mol. The highest BCUT2D eigenvalue weighted by Gasteiger charge is 1.93. The molecule has 0 atom stereocenters. The molecule has 0 heterocycles. The van der Waals surface area contributed by atoms with Gasteiger partial charge in [0.2, 0.25) is 0 Å². The number of aliphatic hydroxyl groups excluding tert-OH is 3. The van der Waals surface area contributed by atoms with Gasteiger partial charge in [-0.15, -0.1) is 0 Å². The predicted octanol–water partition coefficient (Wildman–Crippen LogP) is -2.15. The van der Waals surface area contributed by atoms with Gasteiger partial charge in [0.05, 0.1) is 13.2 Å². The molecule has 0 saturated carbocycles. The third kappa shape index (κ3) is 5.84. The van der Waals surface area contributed by atoms with Crippen molar-refractivity contribution in [3.05, 3.63) is 0 Å². The Labute approximate surface area is 42.0 Å². The van der Waals surface area contributed by atoms with Crippen molar-refractivity contribution in [2.24, 2.45) is 0 Å². The normalized spacial score (nSPS) is 8.57. The minimum Gasteiger partial charge on any atom is -0.394 e. The van der Waals surface area contributed by atoms with Crippen LogP contribution in [0.4, 0.5) is 0 Å². The van der Waals surface area contributed by atoms with E-state index in [-0.39, 0.29) is 19.4 Å². The minimum absolute atomic E-state index is 0. The molecule has 0 amide bonds. The van der Waals surface area contributed by atoms with Crippen LogP contribution in [0.1, 0.15) is 0 Å². The Kier molecular flexibility index (Phi) is 8.31. The van der Waals surface area contributed by atoms with Crippen LogP contribution in [0.25, 0.3) is 0 Å². The van der Waals surface area contributed by atoms with Crippen LogP contribution < -0.4 is 6.15 Å². The van der Waals surface area contributed by atoms with E-state index in [9.17, 15) is 0 Å². The topological polar surface area (TPSA) is 91.2 Å². The third-order valence-corrected chi connectivity index (χ3v) is 0.421. The van der Waals surface area contributed by atoms with Crippen molar-refractivity contribution >= 4 is 0 Å². The van der Waals surface area contributed by atoms with Gasteiger partial charge in [-0.2, -0.15) is 0 Å². The molecule has 0 saturated heterocycles. The van der Waals surface area contributed by atoms with Gasteiger partial charge in [0.1, 0.15) is 6.10 Å². The van der Waals surface area contributed by atoms with E-state index in [4.69, 9.17) is 15.3 Å². The number of hydrogen-bond acceptors (Lipinski definition) is 3. The summed E-state index contributed by atoms with van der Waals surface area (Å²) in [6.45, 7) is -0.729. The second-order valence-corrected chi connectivity index (χ2v) is 1.02. The van der Waals surface area contributed by atoms with Crippen molar-refractivity contribution in [1.82, 2.24) is 6.15 Å². The van der Waals surface area contributed by atoms with E-state index in [1.165, 1.54) is 0 Å². The van der Waals surface area contributed by atoms with E-state index >= 15 is 0 Å². The Morgan fingerprint density at radius 3 is 1.43 bits per heavy atom. The molecule has 7 heavy (non-hydrogen) atoms. The molecule has 4 heteroatoms. The lowest BCUT2D eigenvalue weighted by molar-refractivity contribution is 0.0450. The van der Waals surface area contributed by atoms with E-state index in [1.54, 1.807) is 0 Å². The zero-order chi connectivity index (χ0) is 4.99. The fraction of sp³-hybridized carbons (Fsp3) is 1.00. The molecule has 0 aliphatic heterocycles. The molecule has 0 aromatic heterocycles. The minimum atomic E-state index is -0.954. The largest absolute Gasteiger partial charge is 0.394 e. The summed E-state index contributed by atoms with van der Waals surface area (Å²) in [4.78, 5) is 0. The highest BCUT2D eigenvalue weighted by atomic mass is 16.3. The summed E-state index contributed by atoms with van der Waals surface area (Å²) in [6, 6.07) is 0. The molecule has 0 fully saturated rings. The first-order chi connectivity index (χ1) is 2.81. The van der Waals surface area contributed by atoms with Gasteiger partial charge < -0.3 is 15.3 Å². The van der Waals surface area contributed by atoms with Crippen molar-refractivity contribution < 1.29 is 15.3 Å². The van der Waals surface area contributed by atoms with Crippen molar-refractivity contribution in [1.29, 1.82) is 0 Å². The number of aliphatic hydroxyl groups is 3. The van der Waals surface area contributed by atoms with Gasteiger partial charge in [-0.1, -0.05) is 0 Å². The average Bonchev–Trinajstić information content (AvgIpc) is 1.65. The van der Waals surface area contributed by atoms with E-state index < -0.39 is 6.10 Å². The fourth-order valence-electron chi connectivity index (χ4n) is 0.0577. The molecule has 43 valence electrons. The Balaban J connectivity index is 0. The Hall–Kier alpha value is -0.160. The maximum atomic E-state index is 8.17. The zero-order valence-corrected chi connectivity index (χ0v) is 3.78. The van der Waals surface area contributed by atoms with Crippen LogP contribution in [-0.2, 0) is 0 Å². The van der Waals surface area contributed by atoms with Gasteiger partial charge in [-0.25, -0.2) is 0 Å². The molecular weight excluding hydrogens is 98.0 g/mol. The molecule has 0 spiro atoms. The number of rotatable bonds is 2. The van der Waals surface area contributed by atoms with Crippen LogP contribution in [0.5, 0.6) is 0 Å². The second-order valence-electron chi connectivity index (χ2n) is 1.02. The predicted molar refractivity (Wildman–Crippen MR) is 22.3 cm³/mol. The van der Waals surface area contributed by atoms with Crippen molar-refractivity contribution in [2.45, 2.75) is 6.10 Å². The van der Waals surface area contributed by atoms with Gasteiger partial charge >= 0.3 is 0 Å². The van der Waals surface area contributed by atoms with Crippen LogP contribution >= 0.6 is 0 Å². The van der Waals surface area contributed by atoms with Crippen LogP contribution in [0.15, 0.2) is 0 Å². The van der Waals surface area contributed by atoms with Crippen LogP contribution in [-0.4, -0.2) is 34.6 Å². The zero-order valence-electron chi connectivity index (χ0n) is 3.78. The van der Waals surface area contributed by atoms with E-state index in [0.717, 1.165) is 0 Å². The first-order valence-corrected chi connectivity index (χ1v) is 1.71. The lowest BCUT2D eigenvalue weighted by atomic mass is 10.4. The molecule has 3 N–H and O–H groups in total. The molecule has 0 aromatic rings. The molecular formula is C3H8NO3. The Morgan fingerprint density at radius 2 is 1.43 bits per heavy atom. The molecule has 3 radical (unpaired) electrons. The summed E-state index contributed by atoms with van der Waals surface area (Å²) < 4.78 is 0. The lowest BCUT2D eigenvalue weighted by Crippen LogP contribution is -2.15. The van der Waals surface area contributed by atoms with Crippen LogP contribution in [0.2, 0.25) is 0 Å². The first kappa shape index (κ1) is 9.96. The smallest absolute Gasteiger partial charge is 0.100 e. The standard InChI is InChI=1S/C3H8O3.N/c4-1-3(6)2-5;/h3-6H,1-2H2;. The number of hydrogen-bond donors (Lipinski definition) is 3. The Bertz CT molecular complexity index is 29.4. The van der Waals surface area contributed by atoms with Crippen molar-refractivity contribution in [3.8, 4) is 0 Å². The summed E-state index contributed by atoms with van der Waals surface area (Å²) in [7, 11) is 0. The van der Waals surface area contributed by atoms with Crippen LogP contribution in [0, 0.1) is 0 Å². The second kappa shape index (κ2) is 5.84. The first-order valence-electron chi connectivity index (χ1n) is 1.71. The highest BCUT2D eigenvalue weighted by Crippen LogP contribution is 1.71. The van der Waals surface area contributed by atoms with Gasteiger partial charge in [0, 0.05) is 6.15 Å². The van der Waals surface area contributed by atoms with Crippen LogP contribution in [0.3, 0.4) is 0 Å². The number of nitrogens with zero attached hydrogens (tertiary/aromatic N) is 1. The fourth-order valence-corrected chi connectivity index (χ4v) is 0.0577. The quantitative estimate of drug-likeness (QED) is 0.375. The van der Waals surface area contributed by atoms with Crippen molar-refractivity contribution in [2.75, 3.05) is 13.2 Å². The van der Waals surface area contributed by atoms with E-state index in [0.29, 0.717) is 0 Å². The Morgan fingerprint density at radius 1 is 1.14 bits per heavy atom. The lowest BCUT2D eigenvalue weighted by Gasteiger charge is -1.96. The molecule has 0 unspecified atom stereocenters. The summed E-state index contributed by atoms with van der Waals surface area (Å²) in [5, 5.41) is 24.0. The summed E-state index contributed by atoms with van der Waals surface area (Å²) in [5.41, 5.74) is 0. The van der Waals surface area contributed by atoms with Gasteiger partial charge in [0.25, 0.3) is 0 Å². The van der Waals surface area contributed by atoms with Gasteiger partial charge in [-0.05, 0) is 0 Å². The third-order valence-electron chi connectivity index (χ3n) is 0.421. The molecule has 4 nitrogen and oxygen atoms in total. The van der Waals surface area contributed by atoms with E-state index in [1.807, 2.05) is 0 Å². The maximum absolute atomic E-state index is 8.17. The average molecular weight is 106 g/mol. The molecule has 0 aromatic carbocycles. The molecule has 0 bridgehead atoms. The molecule has 0 aliphatic carbocycles. The summed E-state index contributed by atoms with van der Waals surface area (Å²) in [5.74, 6) is 0. The maximum Gasteiger partial charge on any atom is 0.100 e. The molecule has 0 rings (SSSR count). The summed E-state index contributed by atoms with van der Waals surface area (Å²) >= 11 is 0. The van der Waals surface area contributed by atoms with Gasteiger partial charge in [0.15, 0.2) is 0 Å². The summed E-state index contributed by atoms with van der Waals surface area (Å²) in [6.07, 6.45) is -0.954. The SMILES string of the molecule is OCC(O)CO.[N]. The van der Waals surface area contributed by atoms with Crippen molar-refractivity contribution in [3.63, 3.8) is 0 Å². The van der Waals surface area contributed by atoms with E-state index in [2.05, 4.69) is 0 Å². The highest BCUT2D eigenvalue weighted by molar-refractivity contribution is 4.43. The molecule has 0 aliphatic rings. The van der Waals surface area contributed by atoms with Gasteiger partial charge in [-0.3, -0.25) is 0 Å².